The monoisotopic (exact) mass is 252 g/mol. The summed E-state index contributed by atoms with van der Waals surface area (Å²) in [6.45, 7) is 0. The Balaban J connectivity index is 2.14. The van der Waals surface area contributed by atoms with Crippen LogP contribution in [0.1, 0.15) is 11.1 Å². The fourth-order valence-electron chi connectivity index (χ4n) is 1.75. The van der Waals surface area contributed by atoms with Crippen LogP contribution in [0.2, 0.25) is 0 Å². The number of aromatic hydroxyl groups is 1. The summed E-state index contributed by atoms with van der Waals surface area (Å²) in [6.07, 6.45) is 0.753. The van der Waals surface area contributed by atoms with E-state index >= 15 is 0 Å². The predicted molar refractivity (Wildman–Crippen MR) is 61.8 cm³/mol. The van der Waals surface area contributed by atoms with Crippen molar-refractivity contribution < 1.29 is 18.3 Å². The Labute approximate surface area is 103 Å². The van der Waals surface area contributed by atoms with Gasteiger partial charge in [0.1, 0.15) is 5.75 Å². The number of para-hydroxylation sites is 1. The van der Waals surface area contributed by atoms with Gasteiger partial charge in [0.05, 0.1) is 0 Å². The zero-order valence-electron chi connectivity index (χ0n) is 9.46. The zero-order chi connectivity index (χ0) is 13.1. The quantitative estimate of drug-likeness (QED) is 0.827. The van der Waals surface area contributed by atoms with Crippen molar-refractivity contribution >= 4 is 0 Å². The van der Waals surface area contributed by atoms with Gasteiger partial charge in [-0.1, -0.05) is 18.2 Å². The third kappa shape index (κ3) is 2.64. The second-order valence-corrected chi connectivity index (χ2v) is 4.00. The summed E-state index contributed by atoms with van der Waals surface area (Å²) >= 11 is 0. The maximum Gasteiger partial charge on any atom is 0.194 e. The summed E-state index contributed by atoms with van der Waals surface area (Å²) in [6, 6.07) is 8.67. The minimum Gasteiger partial charge on any atom is -0.508 e. The second-order valence-electron chi connectivity index (χ2n) is 4.00. The van der Waals surface area contributed by atoms with Crippen molar-refractivity contribution in [1.29, 1.82) is 0 Å². The highest BCUT2D eigenvalue weighted by Crippen LogP contribution is 2.19. The van der Waals surface area contributed by atoms with E-state index in [2.05, 4.69) is 0 Å². The lowest BCUT2D eigenvalue weighted by atomic mass is 10.0. The third-order valence-corrected chi connectivity index (χ3v) is 2.72. The van der Waals surface area contributed by atoms with E-state index < -0.39 is 17.5 Å². The van der Waals surface area contributed by atoms with Crippen molar-refractivity contribution in [2.45, 2.75) is 12.8 Å². The van der Waals surface area contributed by atoms with Crippen LogP contribution >= 0.6 is 0 Å². The van der Waals surface area contributed by atoms with Crippen LogP contribution in [-0.4, -0.2) is 5.11 Å². The lowest BCUT2D eigenvalue weighted by molar-refractivity contribution is 0.445. The van der Waals surface area contributed by atoms with E-state index in [0.717, 1.165) is 12.1 Å². The zero-order valence-corrected chi connectivity index (χ0v) is 9.46. The van der Waals surface area contributed by atoms with Gasteiger partial charge in [0.15, 0.2) is 17.5 Å². The van der Waals surface area contributed by atoms with Gasteiger partial charge < -0.3 is 5.11 Å². The normalized spacial score (nSPS) is 10.6. The predicted octanol–water partition coefficient (Wildman–Crippen LogP) is 3.59. The van der Waals surface area contributed by atoms with E-state index in [1.165, 1.54) is 0 Å². The first-order valence-electron chi connectivity index (χ1n) is 5.48. The van der Waals surface area contributed by atoms with Gasteiger partial charge in [0.2, 0.25) is 0 Å². The molecule has 0 radical (unpaired) electrons. The van der Waals surface area contributed by atoms with Gasteiger partial charge in [-0.2, -0.15) is 0 Å². The summed E-state index contributed by atoms with van der Waals surface area (Å²) in [5, 5.41) is 9.53. The maximum atomic E-state index is 13.0. The maximum absolute atomic E-state index is 13.0. The van der Waals surface area contributed by atoms with Crippen LogP contribution < -0.4 is 0 Å². The molecule has 0 bridgehead atoms. The first-order chi connectivity index (χ1) is 8.58. The molecule has 1 nitrogen and oxygen atoms in total. The summed E-state index contributed by atoms with van der Waals surface area (Å²) in [5.41, 5.74) is 1.04. The van der Waals surface area contributed by atoms with Crippen LogP contribution in [0.25, 0.3) is 0 Å². The first kappa shape index (κ1) is 12.5. The van der Waals surface area contributed by atoms with Gasteiger partial charge in [-0.3, -0.25) is 0 Å². The smallest absolute Gasteiger partial charge is 0.194 e. The minimum absolute atomic E-state index is 0.139. The molecule has 0 aromatic heterocycles. The van der Waals surface area contributed by atoms with Crippen molar-refractivity contribution in [1.82, 2.24) is 0 Å². The molecule has 4 heteroatoms. The Morgan fingerprint density at radius 2 is 1.50 bits per heavy atom. The average molecular weight is 252 g/mol. The fraction of sp³-hybridized carbons (Fsp3) is 0.143. The first-order valence-corrected chi connectivity index (χ1v) is 5.48. The molecule has 18 heavy (non-hydrogen) atoms. The Morgan fingerprint density at radius 1 is 0.889 bits per heavy atom. The van der Waals surface area contributed by atoms with E-state index in [1.807, 2.05) is 0 Å². The lowest BCUT2D eigenvalue weighted by Crippen LogP contribution is -1.97. The Morgan fingerprint density at radius 3 is 2.11 bits per heavy atom. The molecule has 0 saturated heterocycles. The van der Waals surface area contributed by atoms with E-state index in [-0.39, 0.29) is 5.75 Å². The molecule has 2 aromatic rings. The Hall–Kier alpha value is -1.97. The highest BCUT2D eigenvalue weighted by Gasteiger charge is 2.10. The van der Waals surface area contributed by atoms with E-state index in [1.54, 1.807) is 24.3 Å². The minimum atomic E-state index is -1.46. The highest BCUT2D eigenvalue weighted by molar-refractivity contribution is 5.32. The van der Waals surface area contributed by atoms with Crippen LogP contribution in [0.5, 0.6) is 5.75 Å². The molecule has 0 spiro atoms. The number of aryl methyl sites for hydroxylation is 2. The molecule has 0 heterocycles. The largest absolute Gasteiger partial charge is 0.508 e. The molecular weight excluding hydrogens is 241 g/mol. The summed E-state index contributed by atoms with van der Waals surface area (Å²) < 4.78 is 38.7. The van der Waals surface area contributed by atoms with Gasteiger partial charge >= 0.3 is 0 Å². The van der Waals surface area contributed by atoms with Gasteiger partial charge in [-0.25, -0.2) is 13.2 Å². The summed E-state index contributed by atoms with van der Waals surface area (Å²) in [4.78, 5) is 0. The Bertz CT molecular complexity index is 544. The highest BCUT2D eigenvalue weighted by atomic mass is 19.2. The topological polar surface area (TPSA) is 20.2 Å². The van der Waals surface area contributed by atoms with Crippen LogP contribution in [0, 0.1) is 17.5 Å². The number of benzene rings is 2. The molecule has 0 aliphatic heterocycles. The van der Waals surface area contributed by atoms with Crippen molar-refractivity contribution in [2.75, 3.05) is 0 Å². The SMILES string of the molecule is Oc1ccccc1CCc1cc(F)c(F)c(F)c1. The number of phenolic OH excluding ortho intramolecular Hbond substituents is 1. The average Bonchev–Trinajstić information content (AvgIpc) is 2.35. The molecule has 0 aliphatic carbocycles. The van der Waals surface area contributed by atoms with E-state index in [9.17, 15) is 18.3 Å². The van der Waals surface area contributed by atoms with Crippen molar-refractivity contribution in [3.05, 3.63) is 65.0 Å². The molecule has 0 amide bonds. The number of rotatable bonds is 3. The standard InChI is InChI=1S/C14H11F3O/c15-11-7-9(8-12(16)14(11)17)5-6-10-3-1-2-4-13(10)18/h1-4,7-8,18H,5-6H2. The number of hydrogen-bond donors (Lipinski definition) is 1. The van der Waals surface area contributed by atoms with Crippen molar-refractivity contribution in [2.24, 2.45) is 0 Å². The van der Waals surface area contributed by atoms with Gasteiger partial charge in [-0.15, -0.1) is 0 Å². The second kappa shape index (κ2) is 5.12. The number of hydrogen-bond acceptors (Lipinski definition) is 1. The molecule has 2 aromatic carbocycles. The fourth-order valence-corrected chi connectivity index (χ4v) is 1.75. The molecule has 0 saturated carbocycles. The van der Waals surface area contributed by atoms with Gasteiger partial charge in [-0.05, 0) is 42.2 Å². The van der Waals surface area contributed by atoms with Crippen molar-refractivity contribution in [3.63, 3.8) is 0 Å². The molecule has 0 unspecified atom stereocenters. The van der Waals surface area contributed by atoms with Gasteiger partial charge in [0, 0.05) is 0 Å². The van der Waals surface area contributed by atoms with Crippen molar-refractivity contribution in [3.8, 4) is 5.75 Å². The molecule has 0 aliphatic rings. The van der Waals surface area contributed by atoms with Crippen LogP contribution in [0.15, 0.2) is 36.4 Å². The molecule has 2 rings (SSSR count). The Kier molecular flexibility index (Phi) is 3.55. The molecule has 1 N–H and O–H groups in total. The molecule has 0 fully saturated rings. The van der Waals surface area contributed by atoms with E-state index in [4.69, 9.17) is 0 Å². The van der Waals surface area contributed by atoms with Crippen LogP contribution in [-0.2, 0) is 12.8 Å². The molecule has 94 valence electrons. The van der Waals surface area contributed by atoms with Crippen LogP contribution in [0.4, 0.5) is 13.2 Å². The van der Waals surface area contributed by atoms with E-state index in [0.29, 0.717) is 24.0 Å². The number of phenols is 1. The van der Waals surface area contributed by atoms with Gasteiger partial charge in [0.25, 0.3) is 0 Å². The third-order valence-electron chi connectivity index (χ3n) is 2.72. The molecule has 0 atom stereocenters. The summed E-state index contributed by atoms with van der Waals surface area (Å²) in [5.74, 6) is -3.70. The summed E-state index contributed by atoms with van der Waals surface area (Å²) in [7, 11) is 0. The lowest BCUT2D eigenvalue weighted by Gasteiger charge is -2.05. The molecular formula is C14H11F3O. The number of halogens is 3. The van der Waals surface area contributed by atoms with Crippen LogP contribution in [0.3, 0.4) is 0 Å².